The van der Waals surface area contributed by atoms with Crippen molar-refractivity contribution in [3.8, 4) is 0 Å². The lowest BCUT2D eigenvalue weighted by atomic mass is 9.87. The van der Waals surface area contributed by atoms with Gasteiger partial charge in [0, 0.05) is 12.3 Å². The van der Waals surface area contributed by atoms with Crippen LogP contribution in [0.25, 0.3) is 0 Å². The lowest BCUT2D eigenvalue weighted by molar-refractivity contribution is -0.0675. The van der Waals surface area contributed by atoms with Crippen LogP contribution in [0.15, 0.2) is 24.3 Å². The van der Waals surface area contributed by atoms with E-state index in [2.05, 4.69) is 5.32 Å². The van der Waals surface area contributed by atoms with Gasteiger partial charge >= 0.3 is 0 Å². The van der Waals surface area contributed by atoms with E-state index >= 15 is 0 Å². The molecule has 0 spiro atoms. The molecular formula is C13H16F3N. The molecule has 0 atom stereocenters. The molecule has 17 heavy (non-hydrogen) atoms. The summed E-state index contributed by atoms with van der Waals surface area (Å²) in [5, 5.41) is 3.08. The van der Waals surface area contributed by atoms with Crippen molar-refractivity contribution in [1.29, 1.82) is 0 Å². The third-order valence-electron chi connectivity index (χ3n) is 3.29. The lowest BCUT2D eigenvalue weighted by Gasteiger charge is -2.30. The van der Waals surface area contributed by atoms with Crippen LogP contribution in [0.1, 0.15) is 18.4 Å². The summed E-state index contributed by atoms with van der Waals surface area (Å²) < 4.78 is 40.6. The van der Waals surface area contributed by atoms with E-state index < -0.39 is 11.8 Å². The van der Waals surface area contributed by atoms with Crippen molar-refractivity contribution in [3.05, 3.63) is 35.6 Å². The van der Waals surface area contributed by atoms with Crippen molar-refractivity contribution in [2.24, 2.45) is 5.92 Å². The highest BCUT2D eigenvalue weighted by molar-refractivity contribution is 5.17. The van der Waals surface area contributed by atoms with Crippen molar-refractivity contribution < 1.29 is 13.2 Å². The van der Waals surface area contributed by atoms with Gasteiger partial charge in [-0.25, -0.2) is 13.2 Å². The molecular weight excluding hydrogens is 227 g/mol. The number of rotatable bonds is 3. The molecule has 1 aromatic rings. The Bertz CT molecular complexity index is 355. The maximum Gasteiger partial charge on any atom is 0.254 e. The third kappa shape index (κ3) is 3.22. The fourth-order valence-corrected chi connectivity index (χ4v) is 2.26. The molecule has 0 aromatic heterocycles. The number of halogens is 3. The summed E-state index contributed by atoms with van der Waals surface area (Å²) >= 11 is 0. The van der Waals surface area contributed by atoms with Crippen LogP contribution in [0.3, 0.4) is 0 Å². The molecule has 94 valence electrons. The average molecular weight is 243 g/mol. The van der Waals surface area contributed by atoms with E-state index in [0.29, 0.717) is 31.5 Å². The molecule has 1 fully saturated rings. The van der Waals surface area contributed by atoms with Crippen LogP contribution >= 0.6 is 0 Å². The SMILES string of the molecule is Fc1ccc(CC(F)(F)C2CCNCC2)cc1. The van der Waals surface area contributed by atoms with E-state index in [4.69, 9.17) is 0 Å². The van der Waals surface area contributed by atoms with Gasteiger partial charge in [-0.1, -0.05) is 12.1 Å². The van der Waals surface area contributed by atoms with Crippen LogP contribution in [0.5, 0.6) is 0 Å². The molecule has 0 aliphatic carbocycles. The fraction of sp³-hybridized carbons (Fsp3) is 0.538. The van der Waals surface area contributed by atoms with Crippen LogP contribution in [-0.2, 0) is 6.42 Å². The van der Waals surface area contributed by atoms with Gasteiger partial charge in [0.2, 0.25) is 0 Å². The topological polar surface area (TPSA) is 12.0 Å². The van der Waals surface area contributed by atoms with Crippen LogP contribution in [0.2, 0.25) is 0 Å². The quantitative estimate of drug-likeness (QED) is 0.860. The second kappa shape index (κ2) is 5.08. The highest BCUT2D eigenvalue weighted by atomic mass is 19.3. The molecule has 1 nitrogen and oxygen atoms in total. The first-order valence-electron chi connectivity index (χ1n) is 5.91. The Morgan fingerprint density at radius 1 is 1.12 bits per heavy atom. The molecule has 1 aliphatic heterocycles. The molecule has 0 amide bonds. The van der Waals surface area contributed by atoms with E-state index in [9.17, 15) is 13.2 Å². The Morgan fingerprint density at radius 2 is 1.71 bits per heavy atom. The molecule has 0 unspecified atom stereocenters. The van der Waals surface area contributed by atoms with E-state index in [1.165, 1.54) is 24.3 Å². The first-order valence-corrected chi connectivity index (χ1v) is 5.91. The molecule has 0 radical (unpaired) electrons. The summed E-state index contributed by atoms with van der Waals surface area (Å²) in [5.74, 6) is -3.65. The zero-order chi connectivity index (χ0) is 12.3. The second-order valence-electron chi connectivity index (χ2n) is 4.59. The standard InChI is InChI=1S/C13H16F3N/c14-12-3-1-10(2-4-12)9-13(15,16)11-5-7-17-8-6-11/h1-4,11,17H,5-9H2. The first-order chi connectivity index (χ1) is 8.08. The molecule has 0 bridgehead atoms. The van der Waals surface area contributed by atoms with E-state index in [-0.39, 0.29) is 12.2 Å². The van der Waals surface area contributed by atoms with Crippen molar-refractivity contribution in [1.82, 2.24) is 5.32 Å². The lowest BCUT2D eigenvalue weighted by Crippen LogP contribution is -2.39. The summed E-state index contributed by atoms with van der Waals surface area (Å²) in [4.78, 5) is 0. The van der Waals surface area contributed by atoms with Gasteiger partial charge in [-0.3, -0.25) is 0 Å². The Balaban J connectivity index is 2.02. The predicted molar refractivity (Wildman–Crippen MR) is 60.6 cm³/mol. The van der Waals surface area contributed by atoms with Gasteiger partial charge < -0.3 is 5.32 Å². The highest BCUT2D eigenvalue weighted by Gasteiger charge is 2.39. The van der Waals surface area contributed by atoms with Gasteiger partial charge in [-0.05, 0) is 43.6 Å². The normalized spacial score (nSPS) is 18.3. The second-order valence-corrected chi connectivity index (χ2v) is 4.59. The molecule has 1 N–H and O–H groups in total. The summed E-state index contributed by atoms with van der Waals surface area (Å²) in [5.41, 5.74) is 0.495. The minimum atomic E-state index is -2.69. The highest BCUT2D eigenvalue weighted by Crippen LogP contribution is 2.34. The number of piperidine rings is 1. The van der Waals surface area contributed by atoms with Crippen LogP contribution < -0.4 is 5.32 Å². The Morgan fingerprint density at radius 3 is 2.29 bits per heavy atom. The number of nitrogens with one attached hydrogen (secondary N) is 1. The Kier molecular flexibility index (Phi) is 3.72. The number of hydrogen-bond donors (Lipinski definition) is 1. The molecule has 1 aliphatic rings. The Hall–Kier alpha value is -1.03. The first kappa shape index (κ1) is 12.4. The summed E-state index contributed by atoms with van der Waals surface area (Å²) in [6.45, 7) is 1.31. The molecule has 1 heterocycles. The third-order valence-corrected chi connectivity index (χ3v) is 3.29. The zero-order valence-corrected chi connectivity index (χ0v) is 9.56. The van der Waals surface area contributed by atoms with Gasteiger partial charge in [-0.15, -0.1) is 0 Å². The maximum absolute atomic E-state index is 14.0. The van der Waals surface area contributed by atoms with Crippen molar-refractivity contribution >= 4 is 0 Å². The van der Waals surface area contributed by atoms with Gasteiger partial charge in [0.05, 0.1) is 0 Å². The molecule has 1 aromatic carbocycles. The van der Waals surface area contributed by atoms with Crippen LogP contribution in [0, 0.1) is 11.7 Å². The molecule has 1 saturated heterocycles. The Labute approximate surface area is 99.0 Å². The van der Waals surface area contributed by atoms with Crippen LogP contribution in [0.4, 0.5) is 13.2 Å². The fourth-order valence-electron chi connectivity index (χ4n) is 2.26. The monoisotopic (exact) mass is 243 g/mol. The van der Waals surface area contributed by atoms with E-state index in [0.717, 1.165) is 0 Å². The van der Waals surface area contributed by atoms with Gasteiger partial charge in [0.15, 0.2) is 0 Å². The summed E-state index contributed by atoms with van der Waals surface area (Å²) in [6, 6.07) is 5.33. The van der Waals surface area contributed by atoms with Crippen molar-refractivity contribution in [2.45, 2.75) is 25.2 Å². The molecule has 2 rings (SSSR count). The van der Waals surface area contributed by atoms with Gasteiger partial charge in [-0.2, -0.15) is 0 Å². The predicted octanol–water partition coefficient (Wildman–Crippen LogP) is 3.00. The number of alkyl halides is 2. The largest absolute Gasteiger partial charge is 0.317 e. The van der Waals surface area contributed by atoms with Gasteiger partial charge in [0.1, 0.15) is 5.82 Å². The molecule has 0 saturated carbocycles. The smallest absolute Gasteiger partial charge is 0.254 e. The van der Waals surface area contributed by atoms with E-state index in [1.807, 2.05) is 0 Å². The van der Waals surface area contributed by atoms with Crippen LogP contribution in [-0.4, -0.2) is 19.0 Å². The number of benzene rings is 1. The minimum Gasteiger partial charge on any atom is -0.317 e. The number of hydrogen-bond acceptors (Lipinski definition) is 1. The summed E-state index contributed by atoms with van der Waals surface area (Å²) in [6.07, 6.45) is 0.723. The average Bonchev–Trinajstić information content (AvgIpc) is 2.33. The minimum absolute atomic E-state index is 0.294. The summed E-state index contributed by atoms with van der Waals surface area (Å²) in [7, 11) is 0. The molecule has 4 heteroatoms. The van der Waals surface area contributed by atoms with E-state index in [1.54, 1.807) is 0 Å². The zero-order valence-electron chi connectivity index (χ0n) is 9.56. The van der Waals surface area contributed by atoms with Gasteiger partial charge in [0.25, 0.3) is 5.92 Å². The van der Waals surface area contributed by atoms with Crippen molar-refractivity contribution in [3.63, 3.8) is 0 Å². The van der Waals surface area contributed by atoms with Crippen molar-refractivity contribution in [2.75, 3.05) is 13.1 Å². The maximum atomic E-state index is 14.0.